The Hall–Kier alpha value is -3.41. The maximum atomic E-state index is 12.8. The Morgan fingerprint density at radius 1 is 1.31 bits per heavy atom. The molecule has 0 bridgehead atoms. The number of aryl methyl sites for hydroxylation is 1. The monoisotopic (exact) mass is 519 g/mol. The molecule has 4 N–H and O–H groups in total. The summed E-state index contributed by atoms with van der Waals surface area (Å²) in [7, 11) is 5.23. The molecule has 0 aliphatic heterocycles. The molecule has 0 unspecified atom stereocenters. The highest BCUT2D eigenvalue weighted by atomic mass is 32.1. The summed E-state index contributed by atoms with van der Waals surface area (Å²) in [5.41, 5.74) is 9.79. The number of alkyl halides is 3. The Kier molecular flexibility index (Phi) is 7.07. The van der Waals surface area contributed by atoms with Gasteiger partial charge in [0, 0.05) is 55.9 Å². The van der Waals surface area contributed by atoms with Gasteiger partial charge in [-0.3, -0.25) is 4.79 Å². The fraction of sp³-hybridized carbons (Fsp3) is 0.417. The summed E-state index contributed by atoms with van der Waals surface area (Å²) in [6.07, 6.45) is -1.01. The van der Waals surface area contributed by atoms with Crippen molar-refractivity contribution in [3.63, 3.8) is 0 Å². The summed E-state index contributed by atoms with van der Waals surface area (Å²) >= 11 is 1.49. The van der Waals surface area contributed by atoms with Gasteiger partial charge in [0.05, 0.1) is 23.2 Å². The summed E-state index contributed by atoms with van der Waals surface area (Å²) < 4.78 is 37.8. The molecule has 0 saturated heterocycles. The van der Waals surface area contributed by atoms with Crippen LogP contribution in [0.15, 0.2) is 18.5 Å². The molecule has 1 aliphatic rings. The number of halogens is 3. The molecule has 4 rings (SSSR count). The van der Waals surface area contributed by atoms with E-state index < -0.39 is 12.6 Å². The fourth-order valence-corrected chi connectivity index (χ4v) is 5.74. The first kappa shape index (κ1) is 25.7. The van der Waals surface area contributed by atoms with Crippen LogP contribution in [0.1, 0.15) is 28.8 Å². The van der Waals surface area contributed by atoms with E-state index in [4.69, 9.17) is 11.1 Å². The molecule has 36 heavy (non-hydrogen) atoms. The van der Waals surface area contributed by atoms with E-state index in [-0.39, 0.29) is 18.4 Å². The third kappa shape index (κ3) is 5.23. The van der Waals surface area contributed by atoms with Crippen LogP contribution in [0.4, 0.5) is 36.1 Å². The van der Waals surface area contributed by atoms with Gasteiger partial charge in [0.2, 0.25) is 5.91 Å². The van der Waals surface area contributed by atoms with Crippen LogP contribution < -0.4 is 16.0 Å². The Bertz CT molecular complexity index is 1310. The number of anilines is 4. The second kappa shape index (κ2) is 9.92. The van der Waals surface area contributed by atoms with Crippen molar-refractivity contribution in [3.05, 3.63) is 34.5 Å². The molecule has 3 aromatic rings. The topological polar surface area (TPSA) is 111 Å². The number of aromatic nitrogens is 2. The van der Waals surface area contributed by atoms with Crippen molar-refractivity contribution in [2.45, 2.75) is 31.9 Å². The molecule has 0 fully saturated rings. The molecule has 1 aliphatic carbocycles. The number of rotatable bonds is 7. The Balaban J connectivity index is 1.62. The number of thiophene rings is 1. The SMILES string of the molecule is CN(CCC(F)(F)F)C(=O)[C@H]1CCc2c(sc3ncnc(Nc4cc(C=N)c(N)cc4N(C)C)c23)C1. The van der Waals surface area contributed by atoms with Crippen LogP contribution in [-0.4, -0.2) is 60.9 Å². The average Bonchev–Trinajstić information content (AvgIpc) is 3.20. The lowest BCUT2D eigenvalue weighted by Crippen LogP contribution is -2.37. The quantitative estimate of drug-likeness (QED) is 0.311. The van der Waals surface area contributed by atoms with Crippen LogP contribution in [0.5, 0.6) is 0 Å². The summed E-state index contributed by atoms with van der Waals surface area (Å²) in [4.78, 5) is 26.6. The van der Waals surface area contributed by atoms with Crippen LogP contribution in [0.3, 0.4) is 0 Å². The molecular formula is C24H28F3N7OS. The third-order valence-electron chi connectivity index (χ3n) is 6.39. The lowest BCUT2D eigenvalue weighted by Gasteiger charge is -2.27. The zero-order chi connectivity index (χ0) is 26.2. The summed E-state index contributed by atoms with van der Waals surface area (Å²) in [5.74, 6) is -0.00223. The molecule has 2 heterocycles. The Morgan fingerprint density at radius 3 is 2.72 bits per heavy atom. The van der Waals surface area contributed by atoms with Gasteiger partial charge in [-0.2, -0.15) is 13.2 Å². The van der Waals surface area contributed by atoms with E-state index in [1.54, 1.807) is 12.1 Å². The second-order valence-corrected chi connectivity index (χ2v) is 10.2. The van der Waals surface area contributed by atoms with E-state index in [1.165, 1.54) is 35.8 Å². The number of hydrogen-bond donors (Lipinski definition) is 3. The molecule has 0 spiro atoms. The number of nitrogens with one attached hydrogen (secondary N) is 2. The van der Waals surface area contributed by atoms with Crippen LogP contribution >= 0.6 is 11.3 Å². The first-order chi connectivity index (χ1) is 17.0. The summed E-state index contributed by atoms with van der Waals surface area (Å²) in [6.45, 7) is -0.342. The average molecular weight is 520 g/mol. The number of carbonyl (C=O) groups is 1. The maximum absolute atomic E-state index is 12.8. The highest BCUT2D eigenvalue weighted by Gasteiger charge is 2.33. The minimum Gasteiger partial charge on any atom is -0.398 e. The van der Waals surface area contributed by atoms with Crippen LogP contribution in [0.25, 0.3) is 10.2 Å². The van der Waals surface area contributed by atoms with Gasteiger partial charge in [-0.05, 0) is 37.0 Å². The van der Waals surface area contributed by atoms with Crippen molar-refractivity contribution < 1.29 is 18.0 Å². The van der Waals surface area contributed by atoms with Gasteiger partial charge < -0.3 is 26.3 Å². The number of amides is 1. The van der Waals surface area contributed by atoms with E-state index in [0.29, 0.717) is 36.3 Å². The zero-order valence-corrected chi connectivity index (χ0v) is 21.1. The van der Waals surface area contributed by atoms with Crippen molar-refractivity contribution in [1.29, 1.82) is 5.41 Å². The first-order valence-corrected chi connectivity index (χ1v) is 12.3. The van der Waals surface area contributed by atoms with Gasteiger partial charge in [0.25, 0.3) is 0 Å². The van der Waals surface area contributed by atoms with Gasteiger partial charge in [-0.1, -0.05) is 0 Å². The van der Waals surface area contributed by atoms with Gasteiger partial charge in [0.15, 0.2) is 0 Å². The minimum atomic E-state index is -4.29. The molecule has 0 radical (unpaired) electrons. The number of nitrogen functional groups attached to an aromatic ring is 1. The first-order valence-electron chi connectivity index (χ1n) is 11.4. The van der Waals surface area contributed by atoms with Crippen LogP contribution in [-0.2, 0) is 17.6 Å². The number of hydrogen-bond acceptors (Lipinski definition) is 8. The lowest BCUT2D eigenvalue weighted by atomic mass is 9.87. The maximum Gasteiger partial charge on any atom is 0.390 e. The summed E-state index contributed by atoms with van der Waals surface area (Å²) in [5, 5.41) is 11.9. The number of nitrogens with two attached hydrogens (primary N) is 1. The minimum absolute atomic E-state index is 0.261. The van der Waals surface area contributed by atoms with Crippen LogP contribution in [0.2, 0.25) is 0 Å². The second-order valence-electron chi connectivity index (χ2n) is 9.13. The Labute approximate surface area is 210 Å². The Morgan fingerprint density at radius 2 is 2.06 bits per heavy atom. The van der Waals surface area contributed by atoms with E-state index in [1.807, 2.05) is 19.0 Å². The molecule has 1 aromatic carbocycles. The normalized spacial score (nSPS) is 15.4. The van der Waals surface area contributed by atoms with Crippen molar-refractivity contribution in [2.75, 3.05) is 43.6 Å². The highest BCUT2D eigenvalue weighted by molar-refractivity contribution is 7.19. The third-order valence-corrected chi connectivity index (χ3v) is 7.56. The fourth-order valence-electron chi connectivity index (χ4n) is 4.48. The molecule has 12 heteroatoms. The van der Waals surface area contributed by atoms with Crippen molar-refractivity contribution >= 4 is 56.6 Å². The van der Waals surface area contributed by atoms with Crippen molar-refractivity contribution in [1.82, 2.24) is 14.9 Å². The molecule has 1 amide bonds. The van der Waals surface area contributed by atoms with Gasteiger partial charge in [-0.25, -0.2) is 9.97 Å². The van der Waals surface area contributed by atoms with Gasteiger partial charge in [0.1, 0.15) is 17.0 Å². The van der Waals surface area contributed by atoms with E-state index in [9.17, 15) is 18.0 Å². The van der Waals surface area contributed by atoms with E-state index in [0.717, 1.165) is 32.0 Å². The molecule has 2 aromatic heterocycles. The molecule has 0 saturated carbocycles. The predicted octanol–water partition coefficient (Wildman–Crippen LogP) is 4.60. The zero-order valence-electron chi connectivity index (χ0n) is 20.2. The molecule has 192 valence electrons. The highest BCUT2D eigenvalue weighted by Crippen LogP contribution is 2.42. The van der Waals surface area contributed by atoms with Gasteiger partial charge in [-0.15, -0.1) is 11.3 Å². The largest absolute Gasteiger partial charge is 0.398 e. The molecular weight excluding hydrogens is 491 g/mol. The van der Waals surface area contributed by atoms with Crippen molar-refractivity contribution in [3.8, 4) is 0 Å². The predicted molar refractivity (Wildman–Crippen MR) is 138 cm³/mol. The number of carbonyl (C=O) groups excluding carboxylic acids is 1. The lowest BCUT2D eigenvalue weighted by molar-refractivity contribution is -0.146. The van der Waals surface area contributed by atoms with Crippen molar-refractivity contribution in [2.24, 2.45) is 5.92 Å². The number of benzene rings is 1. The van der Waals surface area contributed by atoms with E-state index in [2.05, 4.69) is 15.3 Å². The van der Waals surface area contributed by atoms with E-state index >= 15 is 0 Å². The standard InChI is InChI=1S/C24H28F3N7OS/c1-33(2)18-10-16(29)14(11-28)8-17(18)32-21-20-15-5-4-13(9-19(15)36-22(20)31-12-30-21)23(35)34(3)7-6-24(25,26)27/h8,10-13,28H,4-7,9,29H2,1-3H3,(H,30,31,32)/t13-/m0/s1. The smallest absolute Gasteiger partial charge is 0.390 e. The molecule has 1 atom stereocenters. The summed E-state index contributed by atoms with van der Waals surface area (Å²) in [6, 6.07) is 3.60. The van der Waals surface area contributed by atoms with Crippen LogP contribution in [0, 0.1) is 11.3 Å². The number of nitrogens with zero attached hydrogens (tertiary/aromatic N) is 4. The molecule has 8 nitrogen and oxygen atoms in total. The number of fused-ring (bicyclic) bond motifs is 3. The van der Waals surface area contributed by atoms with Gasteiger partial charge >= 0.3 is 6.18 Å².